The highest BCUT2D eigenvalue weighted by molar-refractivity contribution is 5.48. The van der Waals surface area contributed by atoms with Crippen LogP contribution in [-0.4, -0.2) is 6.04 Å². The molecule has 0 bridgehead atoms. The molecule has 2 nitrogen and oxygen atoms in total. The summed E-state index contributed by atoms with van der Waals surface area (Å²) in [5.74, 6) is 0.272. The SMILES string of the molecule is CC(Nc1ccc(C#N)c(F)c1)C1CC1. The van der Waals surface area contributed by atoms with Crippen molar-refractivity contribution in [3.8, 4) is 6.07 Å². The number of hydrogen-bond donors (Lipinski definition) is 1. The highest BCUT2D eigenvalue weighted by Gasteiger charge is 2.27. The van der Waals surface area contributed by atoms with E-state index in [0.29, 0.717) is 6.04 Å². The lowest BCUT2D eigenvalue weighted by Crippen LogP contribution is -2.17. The minimum atomic E-state index is -0.453. The van der Waals surface area contributed by atoms with E-state index in [1.807, 2.05) is 6.07 Å². The first-order chi connectivity index (χ1) is 7.20. The molecule has 1 atom stereocenters. The van der Waals surface area contributed by atoms with Gasteiger partial charge in [0.2, 0.25) is 0 Å². The van der Waals surface area contributed by atoms with E-state index in [-0.39, 0.29) is 5.56 Å². The molecule has 1 saturated carbocycles. The molecule has 0 heterocycles. The van der Waals surface area contributed by atoms with Crippen LogP contribution in [0.2, 0.25) is 0 Å². The summed E-state index contributed by atoms with van der Waals surface area (Å²) in [5.41, 5.74) is 0.852. The maximum Gasteiger partial charge on any atom is 0.143 e. The van der Waals surface area contributed by atoms with Crippen molar-refractivity contribution in [2.24, 2.45) is 5.92 Å². The van der Waals surface area contributed by atoms with Crippen LogP contribution in [0.25, 0.3) is 0 Å². The average Bonchev–Trinajstić information content (AvgIpc) is 3.01. The Morgan fingerprint density at radius 3 is 2.80 bits per heavy atom. The first-order valence-electron chi connectivity index (χ1n) is 5.17. The van der Waals surface area contributed by atoms with E-state index >= 15 is 0 Å². The molecule has 1 N–H and O–H groups in total. The lowest BCUT2D eigenvalue weighted by atomic mass is 10.1. The first-order valence-corrected chi connectivity index (χ1v) is 5.17. The second kappa shape index (κ2) is 3.90. The van der Waals surface area contributed by atoms with Crippen LogP contribution in [-0.2, 0) is 0 Å². The number of halogens is 1. The Kier molecular flexibility index (Phi) is 2.59. The molecular weight excluding hydrogens is 191 g/mol. The van der Waals surface area contributed by atoms with Gasteiger partial charge in [0.15, 0.2) is 0 Å². The number of nitriles is 1. The van der Waals surface area contributed by atoms with Gasteiger partial charge in [0, 0.05) is 11.7 Å². The molecular formula is C12H13FN2. The summed E-state index contributed by atoms with van der Waals surface area (Å²) in [5, 5.41) is 11.8. The predicted molar refractivity (Wildman–Crippen MR) is 56.9 cm³/mol. The normalized spacial score (nSPS) is 16.9. The Morgan fingerprint density at radius 2 is 2.27 bits per heavy atom. The van der Waals surface area contributed by atoms with Gasteiger partial charge in [-0.05, 0) is 43.9 Å². The fraction of sp³-hybridized carbons (Fsp3) is 0.417. The standard InChI is InChI=1S/C12H13FN2/c1-8(9-2-3-9)15-11-5-4-10(7-14)12(13)6-11/h4-6,8-9,15H,2-3H2,1H3. The predicted octanol–water partition coefficient (Wildman–Crippen LogP) is 2.91. The smallest absolute Gasteiger partial charge is 0.143 e. The minimum absolute atomic E-state index is 0.0969. The Labute approximate surface area is 88.7 Å². The lowest BCUT2D eigenvalue weighted by Gasteiger charge is -2.14. The van der Waals surface area contributed by atoms with Gasteiger partial charge in [-0.1, -0.05) is 0 Å². The quantitative estimate of drug-likeness (QED) is 0.821. The Balaban J connectivity index is 2.09. The van der Waals surface area contributed by atoms with E-state index in [0.717, 1.165) is 11.6 Å². The van der Waals surface area contributed by atoms with Crippen molar-refractivity contribution in [3.63, 3.8) is 0 Å². The van der Waals surface area contributed by atoms with Gasteiger partial charge in [-0.25, -0.2) is 4.39 Å². The Bertz CT molecular complexity index is 405. The molecule has 1 aliphatic carbocycles. The summed E-state index contributed by atoms with van der Waals surface area (Å²) < 4.78 is 13.3. The summed E-state index contributed by atoms with van der Waals surface area (Å²) in [4.78, 5) is 0. The summed E-state index contributed by atoms with van der Waals surface area (Å²) in [7, 11) is 0. The van der Waals surface area contributed by atoms with Crippen molar-refractivity contribution < 1.29 is 4.39 Å². The van der Waals surface area contributed by atoms with Crippen LogP contribution in [0.4, 0.5) is 10.1 Å². The van der Waals surface area contributed by atoms with E-state index in [2.05, 4.69) is 12.2 Å². The van der Waals surface area contributed by atoms with Gasteiger partial charge >= 0.3 is 0 Å². The average molecular weight is 204 g/mol. The molecule has 0 saturated heterocycles. The third kappa shape index (κ3) is 2.27. The van der Waals surface area contributed by atoms with Crippen LogP contribution in [0.3, 0.4) is 0 Å². The molecule has 0 spiro atoms. The highest BCUT2D eigenvalue weighted by Crippen LogP contribution is 2.34. The molecule has 1 fully saturated rings. The number of hydrogen-bond acceptors (Lipinski definition) is 2. The molecule has 15 heavy (non-hydrogen) atoms. The number of rotatable bonds is 3. The number of nitrogens with one attached hydrogen (secondary N) is 1. The molecule has 0 aliphatic heterocycles. The second-order valence-corrected chi connectivity index (χ2v) is 4.08. The van der Waals surface area contributed by atoms with E-state index in [1.165, 1.54) is 25.0 Å². The summed E-state index contributed by atoms with van der Waals surface area (Å²) in [6.07, 6.45) is 2.51. The van der Waals surface area contributed by atoms with Crippen LogP contribution in [0, 0.1) is 23.1 Å². The summed E-state index contributed by atoms with van der Waals surface area (Å²) >= 11 is 0. The summed E-state index contributed by atoms with van der Waals surface area (Å²) in [6.45, 7) is 2.10. The molecule has 78 valence electrons. The van der Waals surface area contributed by atoms with Gasteiger partial charge in [0.25, 0.3) is 0 Å². The highest BCUT2D eigenvalue weighted by atomic mass is 19.1. The maximum absolute atomic E-state index is 13.3. The van der Waals surface area contributed by atoms with Crippen LogP contribution in [0.15, 0.2) is 18.2 Å². The topological polar surface area (TPSA) is 35.8 Å². The van der Waals surface area contributed by atoms with Gasteiger partial charge in [0.1, 0.15) is 11.9 Å². The van der Waals surface area contributed by atoms with Crippen molar-refractivity contribution >= 4 is 5.69 Å². The molecule has 2 rings (SSSR count). The molecule has 1 unspecified atom stereocenters. The van der Waals surface area contributed by atoms with Gasteiger partial charge in [-0.15, -0.1) is 0 Å². The lowest BCUT2D eigenvalue weighted by molar-refractivity contribution is 0.623. The van der Waals surface area contributed by atoms with Gasteiger partial charge in [0.05, 0.1) is 5.56 Å². The van der Waals surface area contributed by atoms with Crippen molar-refractivity contribution in [1.82, 2.24) is 0 Å². The van der Waals surface area contributed by atoms with E-state index in [4.69, 9.17) is 5.26 Å². The monoisotopic (exact) mass is 204 g/mol. The molecule has 0 amide bonds. The molecule has 1 aromatic rings. The fourth-order valence-electron chi connectivity index (χ4n) is 1.67. The van der Waals surface area contributed by atoms with E-state index in [1.54, 1.807) is 6.07 Å². The van der Waals surface area contributed by atoms with Crippen molar-refractivity contribution in [2.45, 2.75) is 25.8 Å². The Morgan fingerprint density at radius 1 is 1.53 bits per heavy atom. The third-order valence-corrected chi connectivity index (χ3v) is 2.81. The van der Waals surface area contributed by atoms with E-state index < -0.39 is 5.82 Å². The van der Waals surface area contributed by atoms with Crippen LogP contribution >= 0.6 is 0 Å². The zero-order valence-corrected chi connectivity index (χ0v) is 8.63. The number of anilines is 1. The maximum atomic E-state index is 13.3. The van der Waals surface area contributed by atoms with E-state index in [9.17, 15) is 4.39 Å². The van der Waals surface area contributed by atoms with Gasteiger partial charge < -0.3 is 5.32 Å². The zero-order valence-electron chi connectivity index (χ0n) is 8.63. The second-order valence-electron chi connectivity index (χ2n) is 4.08. The van der Waals surface area contributed by atoms with Crippen LogP contribution in [0.5, 0.6) is 0 Å². The van der Waals surface area contributed by atoms with Crippen molar-refractivity contribution in [3.05, 3.63) is 29.6 Å². The van der Waals surface area contributed by atoms with Gasteiger partial charge in [-0.3, -0.25) is 0 Å². The van der Waals surface area contributed by atoms with Gasteiger partial charge in [-0.2, -0.15) is 5.26 Å². The van der Waals surface area contributed by atoms with Crippen LogP contribution < -0.4 is 5.32 Å². The molecule has 1 aromatic carbocycles. The molecule has 3 heteroatoms. The van der Waals surface area contributed by atoms with Crippen molar-refractivity contribution in [1.29, 1.82) is 5.26 Å². The molecule has 1 aliphatic rings. The third-order valence-electron chi connectivity index (χ3n) is 2.81. The Hall–Kier alpha value is -1.56. The van der Waals surface area contributed by atoms with Crippen molar-refractivity contribution in [2.75, 3.05) is 5.32 Å². The largest absolute Gasteiger partial charge is 0.382 e. The number of benzene rings is 1. The summed E-state index contributed by atoms with van der Waals surface area (Å²) in [6, 6.07) is 6.84. The number of nitrogens with zero attached hydrogens (tertiary/aromatic N) is 1. The van der Waals surface area contributed by atoms with Crippen LogP contribution in [0.1, 0.15) is 25.3 Å². The first kappa shape index (κ1) is 9.97. The molecule has 0 aromatic heterocycles. The molecule has 0 radical (unpaired) electrons. The fourth-order valence-corrected chi connectivity index (χ4v) is 1.67. The minimum Gasteiger partial charge on any atom is -0.382 e. The zero-order chi connectivity index (χ0) is 10.8.